The molecule has 0 amide bonds. The normalized spacial score (nSPS) is 13.1. The van der Waals surface area contributed by atoms with E-state index in [1.807, 2.05) is 35.3 Å². The number of aromatic nitrogens is 1. The fourth-order valence-electron chi connectivity index (χ4n) is 4.60. The van der Waals surface area contributed by atoms with Crippen LogP contribution in [0.25, 0.3) is 6.08 Å². The second-order valence-corrected chi connectivity index (χ2v) is 10.5. The molecule has 0 saturated heterocycles. The first kappa shape index (κ1) is 34.7. The molecule has 0 fully saturated rings. The number of benzene rings is 1. The molecule has 1 aromatic heterocycles. The topological polar surface area (TPSA) is 13.1 Å². The number of hydrogen-bond donors (Lipinski definition) is 0. The summed E-state index contributed by atoms with van der Waals surface area (Å²) < 4.78 is 40.9. The van der Waals surface area contributed by atoms with Crippen LogP contribution in [0.1, 0.15) is 116 Å². The molecule has 0 aliphatic rings. The number of rotatable bonds is 20. The van der Waals surface area contributed by atoms with Gasteiger partial charge in [0, 0.05) is 16.9 Å². The zero-order valence-electron chi connectivity index (χ0n) is 24.1. The molecule has 220 valence electrons. The largest absolute Gasteiger partial charge is 0.673 e. The average molecular weight is 552 g/mol. The van der Waals surface area contributed by atoms with E-state index in [1.54, 1.807) is 0 Å². The van der Waals surface area contributed by atoms with E-state index in [1.165, 1.54) is 82.6 Å². The van der Waals surface area contributed by atoms with Crippen molar-refractivity contribution >= 4 is 13.3 Å². The van der Waals surface area contributed by atoms with Crippen LogP contribution in [0, 0.1) is 5.92 Å². The summed E-state index contributed by atoms with van der Waals surface area (Å²) in [5.41, 5.74) is 1.28. The minimum Gasteiger partial charge on any atom is -0.418 e. The summed E-state index contributed by atoms with van der Waals surface area (Å²) in [5, 5.41) is 0. The van der Waals surface area contributed by atoms with E-state index in [0.29, 0.717) is 5.92 Å². The van der Waals surface area contributed by atoms with Crippen LogP contribution >= 0.6 is 0 Å². The van der Waals surface area contributed by atoms with E-state index in [0.717, 1.165) is 19.3 Å². The van der Waals surface area contributed by atoms with Crippen molar-refractivity contribution in [3.8, 4) is 0 Å². The molecule has 0 N–H and O–H groups in total. The van der Waals surface area contributed by atoms with Crippen molar-refractivity contribution in [3.63, 3.8) is 0 Å². The molecule has 2 aromatic rings. The van der Waals surface area contributed by atoms with Crippen LogP contribution in [0.5, 0.6) is 0 Å². The number of halogens is 4. The predicted octanol–water partition coefficient (Wildman–Crippen LogP) is 10.3. The van der Waals surface area contributed by atoms with E-state index in [2.05, 4.69) is 56.3 Å². The van der Waals surface area contributed by atoms with Gasteiger partial charge in [0.25, 0.3) is 0 Å². The first-order valence-corrected chi connectivity index (χ1v) is 15.0. The molecule has 2 atom stereocenters. The van der Waals surface area contributed by atoms with Gasteiger partial charge >= 0.3 is 7.25 Å². The molecule has 7 heteroatoms. The molecular formula is C32H50BF4NO. The maximum absolute atomic E-state index is 9.75. The molecule has 2 unspecified atom stereocenters. The Kier molecular flexibility index (Phi) is 20.0. The second-order valence-electron chi connectivity index (χ2n) is 10.5. The molecule has 0 saturated carbocycles. The summed E-state index contributed by atoms with van der Waals surface area (Å²) in [4.78, 5) is 6.34. The van der Waals surface area contributed by atoms with Gasteiger partial charge in [-0.3, -0.25) is 4.84 Å². The van der Waals surface area contributed by atoms with E-state index >= 15 is 0 Å². The summed E-state index contributed by atoms with van der Waals surface area (Å²) in [6.45, 7) is 4.64. The summed E-state index contributed by atoms with van der Waals surface area (Å²) >= 11 is 0. The van der Waals surface area contributed by atoms with Crippen molar-refractivity contribution in [3.05, 3.63) is 72.6 Å². The van der Waals surface area contributed by atoms with Crippen LogP contribution in [0.15, 0.2) is 67.0 Å². The van der Waals surface area contributed by atoms with Crippen molar-refractivity contribution in [1.29, 1.82) is 0 Å². The molecule has 0 radical (unpaired) electrons. The lowest BCUT2D eigenvalue weighted by Crippen LogP contribution is -2.47. The maximum Gasteiger partial charge on any atom is 0.673 e. The van der Waals surface area contributed by atoms with Crippen molar-refractivity contribution < 1.29 is 26.8 Å². The Bertz CT molecular complexity index is 827. The fraction of sp³-hybridized carbons (Fsp3) is 0.594. The van der Waals surface area contributed by atoms with Gasteiger partial charge in [0.1, 0.15) is 0 Å². The third-order valence-corrected chi connectivity index (χ3v) is 6.65. The Balaban J connectivity index is 0.00000139. The van der Waals surface area contributed by atoms with Gasteiger partial charge in [-0.15, -0.1) is 0 Å². The Labute approximate surface area is 234 Å². The molecular weight excluding hydrogens is 501 g/mol. The number of allylic oxidation sites excluding steroid dienone is 1. The van der Waals surface area contributed by atoms with Crippen LogP contribution < -0.4 is 9.57 Å². The molecule has 39 heavy (non-hydrogen) atoms. The molecule has 0 bridgehead atoms. The maximum atomic E-state index is 9.75. The zero-order valence-corrected chi connectivity index (χ0v) is 24.1. The molecule has 0 aliphatic carbocycles. The quantitative estimate of drug-likeness (QED) is 0.0691. The minimum atomic E-state index is -6.00. The predicted molar refractivity (Wildman–Crippen MR) is 157 cm³/mol. The van der Waals surface area contributed by atoms with E-state index in [-0.39, 0.29) is 6.10 Å². The molecule has 1 heterocycles. The number of pyridine rings is 1. The van der Waals surface area contributed by atoms with Crippen molar-refractivity contribution in [2.24, 2.45) is 5.92 Å². The zero-order chi connectivity index (χ0) is 28.6. The second kappa shape index (κ2) is 22.5. The highest BCUT2D eigenvalue weighted by Crippen LogP contribution is 2.18. The van der Waals surface area contributed by atoms with Crippen molar-refractivity contribution in [2.75, 3.05) is 0 Å². The first-order chi connectivity index (χ1) is 18.8. The smallest absolute Gasteiger partial charge is 0.418 e. The average Bonchev–Trinajstić information content (AvgIpc) is 2.89. The Morgan fingerprint density at radius 3 is 1.77 bits per heavy atom. The van der Waals surface area contributed by atoms with Gasteiger partial charge in [-0.2, -0.15) is 0 Å². The van der Waals surface area contributed by atoms with Crippen LogP contribution in [-0.2, 0) is 0 Å². The first-order valence-electron chi connectivity index (χ1n) is 15.0. The van der Waals surface area contributed by atoms with Crippen LogP contribution in [-0.4, -0.2) is 13.4 Å². The molecule has 0 aliphatic heterocycles. The fourth-order valence-corrected chi connectivity index (χ4v) is 4.60. The van der Waals surface area contributed by atoms with Crippen LogP contribution in [0.3, 0.4) is 0 Å². The summed E-state index contributed by atoms with van der Waals surface area (Å²) in [5.74, 6) is 0.603. The standard InChI is InChI=1S/C32H50NO.BF4/c1-3-4-5-6-7-8-9-10-11-12-13-18-26-32(34-33-27-19-15-20-28-33)29-30(2)22-21-25-31-23-16-14-17-24-31;2-1(3,4)5/h14-17,19-21,23-25,27-28,30,32H,3-13,18,22,26,29H2,1-2H3;/q+1;-1. The number of hydrogen-bond acceptors (Lipinski definition) is 1. The lowest BCUT2D eigenvalue weighted by Gasteiger charge is -2.17. The van der Waals surface area contributed by atoms with Gasteiger partial charge in [0.05, 0.1) is 0 Å². The highest BCUT2D eigenvalue weighted by Gasteiger charge is 2.20. The molecule has 0 spiro atoms. The molecule has 1 aromatic carbocycles. The van der Waals surface area contributed by atoms with Gasteiger partial charge < -0.3 is 17.3 Å². The summed E-state index contributed by atoms with van der Waals surface area (Å²) in [7, 11) is -6.00. The molecule has 2 nitrogen and oxygen atoms in total. The van der Waals surface area contributed by atoms with Crippen LogP contribution in [0.2, 0.25) is 0 Å². The Morgan fingerprint density at radius 1 is 0.744 bits per heavy atom. The van der Waals surface area contributed by atoms with Gasteiger partial charge in [-0.25, -0.2) is 0 Å². The summed E-state index contributed by atoms with van der Waals surface area (Å²) in [6.07, 6.45) is 28.9. The SMILES string of the molecule is CCCCCCCCCCCCCCC(CC(C)CC=Cc1ccccc1)O[n+]1ccccc1.F[B-](F)(F)F. The van der Waals surface area contributed by atoms with Gasteiger partial charge in [-0.1, -0.05) is 133 Å². The van der Waals surface area contributed by atoms with E-state index in [9.17, 15) is 17.3 Å². The van der Waals surface area contributed by atoms with Crippen molar-refractivity contribution in [1.82, 2.24) is 0 Å². The molecule has 2 rings (SSSR count). The Hall–Kier alpha value is -2.31. The summed E-state index contributed by atoms with van der Waals surface area (Å²) in [6, 6.07) is 16.7. The third-order valence-electron chi connectivity index (χ3n) is 6.65. The van der Waals surface area contributed by atoms with E-state index < -0.39 is 7.25 Å². The third kappa shape index (κ3) is 23.3. The number of unbranched alkanes of at least 4 members (excludes halogenated alkanes) is 11. The lowest BCUT2D eigenvalue weighted by molar-refractivity contribution is -0.899. The Morgan fingerprint density at radius 2 is 1.23 bits per heavy atom. The van der Waals surface area contributed by atoms with Gasteiger partial charge in [0.2, 0.25) is 12.4 Å². The van der Waals surface area contributed by atoms with Gasteiger partial charge in [-0.05, 0) is 37.2 Å². The highest BCUT2D eigenvalue weighted by atomic mass is 19.5. The monoisotopic (exact) mass is 551 g/mol. The van der Waals surface area contributed by atoms with Crippen LogP contribution in [0.4, 0.5) is 17.3 Å². The van der Waals surface area contributed by atoms with Crippen molar-refractivity contribution in [2.45, 2.75) is 116 Å². The highest BCUT2D eigenvalue weighted by molar-refractivity contribution is 6.50. The van der Waals surface area contributed by atoms with E-state index in [4.69, 9.17) is 4.84 Å². The lowest BCUT2D eigenvalue weighted by atomic mass is 9.96. The number of nitrogens with zero attached hydrogens (tertiary/aromatic N) is 1. The van der Waals surface area contributed by atoms with Gasteiger partial charge in [0.15, 0.2) is 6.10 Å². The minimum absolute atomic E-state index is 0.274.